The van der Waals surface area contributed by atoms with Gasteiger partial charge in [-0.15, -0.1) is 0 Å². The Bertz CT molecular complexity index is 474. The molecule has 0 fully saturated rings. The van der Waals surface area contributed by atoms with E-state index in [0.717, 1.165) is 25.7 Å². The molecule has 0 aromatic rings. The second-order valence-corrected chi connectivity index (χ2v) is 14.3. The van der Waals surface area contributed by atoms with E-state index in [1.54, 1.807) is 0 Å². The minimum atomic E-state index is -3.81. The van der Waals surface area contributed by atoms with E-state index in [-0.39, 0.29) is 21.1 Å². The zero-order valence-electron chi connectivity index (χ0n) is 22.3. The van der Waals surface area contributed by atoms with Gasteiger partial charge < -0.3 is 28.6 Å². The molecule has 0 aliphatic carbocycles. The first kappa shape index (κ1) is 41.2. The third kappa shape index (κ3) is 46.0. The van der Waals surface area contributed by atoms with Gasteiger partial charge in [-0.25, -0.2) is 0 Å². The van der Waals surface area contributed by atoms with Gasteiger partial charge in [0.15, 0.2) is 0 Å². The van der Waals surface area contributed by atoms with Crippen molar-refractivity contribution in [3.05, 3.63) is 0 Å². The van der Waals surface area contributed by atoms with Crippen molar-refractivity contribution in [2.24, 2.45) is 0 Å². The molecule has 0 saturated heterocycles. The molecule has 0 radical (unpaired) electrons. The van der Waals surface area contributed by atoms with Crippen molar-refractivity contribution >= 4 is 37.1 Å². The molecule has 0 bridgehead atoms. The summed E-state index contributed by atoms with van der Waals surface area (Å²) in [6.07, 6.45) is 25.8. The summed E-state index contributed by atoms with van der Waals surface area (Å²) >= 11 is 8.71. The molecule has 0 rings (SSSR count). The van der Waals surface area contributed by atoms with E-state index in [2.05, 4.69) is 25.7 Å². The smallest absolute Gasteiger partial charge is 0.324 e. The van der Waals surface area contributed by atoms with E-state index >= 15 is 0 Å². The maximum absolute atomic E-state index is 10.1. The van der Waals surface area contributed by atoms with Crippen molar-refractivity contribution in [1.82, 2.24) is 0 Å². The van der Waals surface area contributed by atoms with Gasteiger partial charge in [-0.1, -0.05) is 129 Å². The van der Waals surface area contributed by atoms with Crippen molar-refractivity contribution in [1.29, 1.82) is 0 Å². The van der Waals surface area contributed by atoms with Crippen LogP contribution in [0.5, 0.6) is 0 Å². The Morgan fingerprint density at radius 2 is 0.657 bits per heavy atom. The zero-order valence-corrected chi connectivity index (χ0v) is 27.7. The predicted molar refractivity (Wildman–Crippen MR) is 153 cm³/mol. The molecule has 0 aliphatic rings. The van der Waals surface area contributed by atoms with Crippen molar-refractivity contribution in [3.63, 3.8) is 0 Å². The summed E-state index contributed by atoms with van der Waals surface area (Å²) in [4.78, 5) is 32.8. The predicted octanol–water partition coefficient (Wildman–Crippen LogP) is 8.26. The molecule has 0 atom stereocenters. The fourth-order valence-corrected chi connectivity index (χ4v) is 4.82. The van der Waals surface area contributed by atoms with Crippen LogP contribution < -0.4 is 0 Å². The Morgan fingerprint density at radius 3 is 0.886 bits per heavy atom. The van der Waals surface area contributed by atoms with Crippen molar-refractivity contribution in [2.75, 3.05) is 13.2 Å². The van der Waals surface area contributed by atoms with Crippen LogP contribution in [0.3, 0.4) is 0 Å². The van der Waals surface area contributed by atoms with Crippen molar-refractivity contribution < 1.29 is 49.7 Å². The fraction of sp³-hybridized carbons (Fsp3) is 1.00. The topological polar surface area (TPSA) is 99.4 Å². The molecule has 11 heteroatoms. The van der Waals surface area contributed by atoms with Crippen LogP contribution in [0.2, 0.25) is 0 Å². The van der Waals surface area contributed by atoms with E-state index < -0.39 is 13.4 Å². The van der Waals surface area contributed by atoms with Gasteiger partial charge in [-0.2, -0.15) is 0 Å². The molecule has 6 nitrogen and oxygen atoms in total. The maximum Gasteiger partial charge on any atom is 0.324 e. The van der Waals surface area contributed by atoms with Gasteiger partial charge in [0, 0.05) is 21.1 Å². The van der Waals surface area contributed by atoms with Gasteiger partial charge in [0.2, 0.25) is 0 Å². The molecule has 0 heterocycles. The van der Waals surface area contributed by atoms with Gasteiger partial charge in [-0.3, -0.25) is 0 Å². The minimum Gasteiger partial charge on any atom is -0.325 e. The van der Waals surface area contributed by atoms with E-state index in [1.165, 1.54) is 103 Å². The van der Waals surface area contributed by atoms with Crippen LogP contribution in [0, 0.1) is 0 Å². The molecule has 0 aromatic carbocycles. The third-order valence-corrected chi connectivity index (χ3v) is 7.15. The molecular formula is C24H54MoO6P2S2. The average molecular weight is 661 g/mol. The normalized spacial score (nSPS) is 11.6. The second kappa shape index (κ2) is 30.3. The van der Waals surface area contributed by atoms with Gasteiger partial charge in [-0.05, 0) is 36.5 Å². The Hall–Kier alpha value is 1.75. The molecule has 0 saturated carbocycles. The molecule has 4 N–H and O–H groups in total. The van der Waals surface area contributed by atoms with Crippen LogP contribution in [0.4, 0.5) is 0 Å². The van der Waals surface area contributed by atoms with E-state index in [4.69, 9.17) is 35.5 Å². The summed E-state index contributed by atoms with van der Waals surface area (Å²) in [6, 6.07) is 0. The van der Waals surface area contributed by atoms with Crippen LogP contribution in [-0.2, 0) is 53.7 Å². The van der Waals surface area contributed by atoms with Gasteiger partial charge in [0.1, 0.15) is 0 Å². The molecule has 0 aromatic heterocycles. The molecule has 0 amide bonds. The first-order valence-electron chi connectivity index (χ1n) is 13.5. The minimum absolute atomic E-state index is 0. The van der Waals surface area contributed by atoms with Gasteiger partial charge in [0.25, 0.3) is 0 Å². The molecule has 0 unspecified atom stereocenters. The summed E-state index contributed by atoms with van der Waals surface area (Å²) in [5, 5.41) is 0. The summed E-state index contributed by atoms with van der Waals surface area (Å²) in [5.74, 6) is 0. The van der Waals surface area contributed by atoms with Crippen LogP contribution in [0.25, 0.3) is 0 Å². The van der Waals surface area contributed by atoms with Crippen LogP contribution in [-0.4, -0.2) is 32.8 Å². The van der Waals surface area contributed by atoms with E-state index in [0.29, 0.717) is 13.2 Å². The quantitative estimate of drug-likeness (QED) is 0.0467. The maximum atomic E-state index is 10.1. The number of rotatable bonds is 24. The van der Waals surface area contributed by atoms with Crippen molar-refractivity contribution in [2.45, 2.75) is 142 Å². The van der Waals surface area contributed by atoms with Gasteiger partial charge >= 0.3 is 13.4 Å². The first-order chi connectivity index (χ1) is 16.1. The zero-order chi connectivity index (χ0) is 26.0. The number of unbranched alkanes of at least 4 members (excludes halogenated alkanes) is 18. The van der Waals surface area contributed by atoms with Crippen LogP contribution in [0.1, 0.15) is 142 Å². The van der Waals surface area contributed by atoms with E-state index in [9.17, 15) is 4.89 Å². The van der Waals surface area contributed by atoms with E-state index in [1.807, 2.05) is 0 Å². The molecule has 0 spiro atoms. The Kier molecular flexibility index (Phi) is 35.7. The summed E-state index contributed by atoms with van der Waals surface area (Å²) < 4.78 is 10.9. The SMILES string of the molecule is CCCCCCCCCCCCOP(O)(=S)OCCCCCCCCCCCC.OP(O)(O)=S.[Mo]. The second-order valence-electron chi connectivity index (χ2n) is 9.01. The van der Waals surface area contributed by atoms with Gasteiger partial charge in [0.05, 0.1) is 13.2 Å². The Balaban J connectivity index is -0.00000154. The fourth-order valence-electron chi connectivity index (χ4n) is 3.58. The summed E-state index contributed by atoms with van der Waals surface area (Å²) in [6.45, 7) is -1.24. The van der Waals surface area contributed by atoms with Crippen LogP contribution >= 0.6 is 13.4 Å². The standard InChI is InChI=1S/C24H51O3PS.Mo.H3O3PS/c1-3-5-7-9-11-13-15-17-19-21-23-26-28(25,29)27-24-22-20-18-16-14-12-10-8-6-4-2;;1-4(2,3)5/h3-24H2,1-2H3,(H,25,29);;(H3,1,2,3,5). The van der Waals surface area contributed by atoms with Crippen molar-refractivity contribution in [3.8, 4) is 0 Å². The largest absolute Gasteiger partial charge is 0.325 e. The third-order valence-electron chi connectivity index (χ3n) is 5.50. The number of hydrogen-bond acceptors (Lipinski definition) is 4. The Labute approximate surface area is 241 Å². The average Bonchev–Trinajstić information content (AvgIpc) is 2.74. The number of hydrogen-bond donors (Lipinski definition) is 4. The monoisotopic (exact) mass is 662 g/mol. The molecule has 214 valence electrons. The molecule has 0 aliphatic heterocycles. The molecule has 35 heavy (non-hydrogen) atoms. The van der Waals surface area contributed by atoms with Crippen LogP contribution in [0.15, 0.2) is 0 Å². The first-order valence-corrected chi connectivity index (χ1v) is 18.8. The molecular weight excluding hydrogens is 606 g/mol. The summed E-state index contributed by atoms with van der Waals surface area (Å²) in [7, 11) is 0. The Morgan fingerprint density at radius 1 is 0.457 bits per heavy atom. The summed E-state index contributed by atoms with van der Waals surface area (Å²) in [5.41, 5.74) is 0.